The minimum atomic E-state index is 0. The first-order valence-corrected chi connectivity index (χ1v) is 15.9. The average molecular weight is 797 g/mol. The molecule has 0 fully saturated rings. The molecule has 0 saturated carbocycles. The second-order valence-electron chi connectivity index (χ2n) is 12.5. The molecule has 0 aliphatic rings. The van der Waals surface area contributed by atoms with Gasteiger partial charge in [0.2, 0.25) is 0 Å². The van der Waals surface area contributed by atoms with Crippen LogP contribution in [-0.2, 0) is 24.9 Å². The molecule has 2 aromatic heterocycles. The van der Waals surface area contributed by atoms with E-state index in [0.717, 1.165) is 33.1 Å². The van der Waals surface area contributed by atoms with Crippen molar-refractivity contribution in [1.29, 1.82) is 0 Å². The van der Waals surface area contributed by atoms with Crippen LogP contribution < -0.4 is 0 Å². The Hall–Kier alpha value is -4.64. The van der Waals surface area contributed by atoms with E-state index in [-0.39, 0.29) is 31.6 Å². The van der Waals surface area contributed by atoms with Gasteiger partial charge in [0, 0.05) is 67.2 Å². The van der Waals surface area contributed by atoms with Crippen molar-refractivity contribution in [3.05, 3.63) is 127 Å². The third-order valence-corrected chi connectivity index (χ3v) is 7.89. The number of hydrogen-bond acceptors (Lipinski definition) is 4. The predicted octanol–water partition coefficient (Wildman–Crippen LogP) is 10.4. The molecule has 0 aliphatic carbocycles. The topological polar surface area (TPSA) is 68.0 Å². The summed E-state index contributed by atoms with van der Waals surface area (Å²) >= 11 is 0. The molecule has 0 spiro atoms. The zero-order valence-electron chi connectivity index (χ0n) is 27.1. The number of benzene rings is 5. The number of aromatic nitrogens is 3. The molecule has 5 nitrogen and oxygen atoms in total. The van der Waals surface area contributed by atoms with Gasteiger partial charge in [-0.05, 0) is 46.3 Å². The summed E-state index contributed by atoms with van der Waals surface area (Å²) in [6.07, 6.45) is 4.38. The molecule has 47 heavy (non-hydrogen) atoms. The van der Waals surface area contributed by atoms with Crippen molar-refractivity contribution in [3.8, 4) is 17.1 Å². The van der Waals surface area contributed by atoms with Gasteiger partial charge in [-0.15, -0.1) is 23.8 Å². The molecule has 1 N–H and O–H groups in total. The van der Waals surface area contributed by atoms with Gasteiger partial charge in [-0.1, -0.05) is 106 Å². The zero-order chi connectivity index (χ0) is 32.2. The number of ketones is 1. The van der Waals surface area contributed by atoms with Gasteiger partial charge in [-0.25, -0.2) is 0 Å². The Morgan fingerprint density at radius 1 is 0.787 bits per heavy atom. The quantitative estimate of drug-likeness (QED) is 0.0755. The van der Waals surface area contributed by atoms with Crippen LogP contribution in [0.25, 0.3) is 60.6 Å². The maximum Gasteiger partial charge on any atom is 0.159 e. The molecule has 1 radical (unpaired) electrons. The van der Waals surface area contributed by atoms with E-state index < -0.39 is 0 Å². The van der Waals surface area contributed by atoms with Crippen molar-refractivity contribution in [2.45, 2.75) is 40.5 Å². The van der Waals surface area contributed by atoms with E-state index in [0.29, 0.717) is 30.5 Å². The van der Waals surface area contributed by atoms with E-state index in [2.05, 4.69) is 108 Å². The molecular formula is C41H38IrN3O2-. The third kappa shape index (κ3) is 7.51. The van der Waals surface area contributed by atoms with Crippen LogP contribution in [0.1, 0.15) is 40.5 Å². The molecule has 7 aromatic rings. The van der Waals surface area contributed by atoms with Gasteiger partial charge in [0.05, 0.1) is 17.1 Å². The van der Waals surface area contributed by atoms with E-state index in [4.69, 9.17) is 9.97 Å². The van der Waals surface area contributed by atoms with Crippen LogP contribution in [0.4, 0.5) is 0 Å². The van der Waals surface area contributed by atoms with E-state index in [1.807, 2.05) is 40.0 Å². The predicted molar refractivity (Wildman–Crippen MR) is 190 cm³/mol. The second kappa shape index (κ2) is 14.8. The molecule has 0 aliphatic heterocycles. The molecule has 0 bridgehead atoms. The summed E-state index contributed by atoms with van der Waals surface area (Å²) in [5.41, 5.74) is 5.28. The molecule has 239 valence electrons. The summed E-state index contributed by atoms with van der Waals surface area (Å²) in [5, 5.41) is 15.1. The van der Waals surface area contributed by atoms with Crippen LogP contribution in [-0.4, -0.2) is 25.4 Å². The van der Waals surface area contributed by atoms with Gasteiger partial charge in [-0.2, -0.15) is 0 Å². The van der Waals surface area contributed by atoms with Crippen LogP contribution in [0.5, 0.6) is 0 Å². The summed E-state index contributed by atoms with van der Waals surface area (Å²) < 4.78 is 2.30. The maximum absolute atomic E-state index is 11.2. The average Bonchev–Trinajstić information content (AvgIpc) is 3.38. The first-order chi connectivity index (χ1) is 22.3. The van der Waals surface area contributed by atoms with Gasteiger partial charge in [0.15, 0.2) is 5.78 Å². The first kappa shape index (κ1) is 33.7. The largest absolute Gasteiger partial charge is 0.512 e. The van der Waals surface area contributed by atoms with Crippen LogP contribution in [0.3, 0.4) is 0 Å². The Morgan fingerprint density at radius 3 is 2.19 bits per heavy atom. The summed E-state index contributed by atoms with van der Waals surface area (Å²) in [6.45, 7) is 8.00. The number of aliphatic hydroxyl groups excluding tert-OH is 1. The maximum atomic E-state index is 11.2. The fourth-order valence-electron chi connectivity index (χ4n) is 5.91. The molecule has 2 heterocycles. The zero-order valence-corrected chi connectivity index (χ0v) is 29.5. The van der Waals surface area contributed by atoms with Gasteiger partial charge in [0.1, 0.15) is 0 Å². The number of carbonyl (C=O) groups excluding carboxylic acids is 1. The SMILES string of the molecule is CC(C)CC(=O)/C=C(\O)CC(C)C.[Ir].[c-]1cc2c3ccccc3n(-c3ccccc3)c2cc1-c1ncc2ccc3ccccc3c2n1. The number of hydrogen-bond donors (Lipinski definition) is 1. The van der Waals surface area contributed by atoms with E-state index >= 15 is 0 Å². The Labute approximate surface area is 289 Å². The van der Waals surface area contributed by atoms with Crippen LogP contribution in [0, 0.1) is 17.9 Å². The van der Waals surface area contributed by atoms with Crippen LogP contribution >= 0.6 is 0 Å². The molecule has 0 unspecified atom stereocenters. The number of nitrogens with zero attached hydrogens (tertiary/aromatic N) is 3. The molecule has 5 aromatic carbocycles. The molecular weight excluding hydrogens is 759 g/mol. The number of rotatable bonds is 7. The summed E-state index contributed by atoms with van der Waals surface area (Å²) in [4.78, 5) is 20.9. The van der Waals surface area contributed by atoms with Crippen LogP contribution in [0.2, 0.25) is 0 Å². The smallest absolute Gasteiger partial charge is 0.159 e. The van der Waals surface area contributed by atoms with Gasteiger partial charge in [-0.3, -0.25) is 14.8 Å². The van der Waals surface area contributed by atoms with E-state index in [9.17, 15) is 9.90 Å². The number of aliphatic hydroxyl groups is 1. The van der Waals surface area contributed by atoms with Crippen molar-refractivity contribution in [3.63, 3.8) is 0 Å². The van der Waals surface area contributed by atoms with Crippen molar-refractivity contribution >= 4 is 49.3 Å². The van der Waals surface area contributed by atoms with Crippen molar-refractivity contribution in [2.24, 2.45) is 11.8 Å². The Morgan fingerprint density at radius 2 is 1.45 bits per heavy atom. The van der Waals surface area contributed by atoms with E-state index in [1.165, 1.54) is 27.8 Å². The van der Waals surface area contributed by atoms with Crippen LogP contribution in [0.15, 0.2) is 121 Å². The standard InChI is InChI=1S/C30H18N3.C11H20O2.Ir/c1-2-9-23(10-3-1)33-27-13-7-6-12-25(27)26-17-16-21(18-28(26)33)30-31-19-22-15-14-20-8-4-5-11-24(20)29(22)32-30;1-8(2)5-10(12)7-11(13)6-9(3)4;/h1-15,17-19H;7-9,12H,5-6H2,1-4H3;/q-1;;/b;10-7-;. The van der Waals surface area contributed by atoms with Crippen molar-refractivity contribution < 1.29 is 30.0 Å². The second-order valence-corrected chi connectivity index (χ2v) is 12.5. The van der Waals surface area contributed by atoms with Gasteiger partial charge < -0.3 is 9.67 Å². The number of fused-ring (bicyclic) bond motifs is 6. The minimum absolute atomic E-state index is 0. The first-order valence-electron chi connectivity index (χ1n) is 15.9. The Balaban J connectivity index is 0.000000267. The molecule has 0 amide bonds. The molecule has 6 heteroatoms. The summed E-state index contributed by atoms with van der Waals surface area (Å²) in [7, 11) is 0. The number of carbonyl (C=O) groups is 1. The molecule has 0 atom stereocenters. The summed E-state index contributed by atoms with van der Waals surface area (Å²) in [5.74, 6) is 1.66. The number of allylic oxidation sites excluding steroid dienone is 2. The Bertz CT molecular complexity index is 2200. The van der Waals surface area contributed by atoms with Crippen molar-refractivity contribution in [1.82, 2.24) is 14.5 Å². The van der Waals surface area contributed by atoms with E-state index in [1.54, 1.807) is 0 Å². The fourth-order valence-corrected chi connectivity index (χ4v) is 5.91. The monoisotopic (exact) mass is 797 g/mol. The van der Waals surface area contributed by atoms with Gasteiger partial charge in [0.25, 0.3) is 0 Å². The fraction of sp³-hybridized carbons (Fsp3) is 0.195. The summed E-state index contributed by atoms with van der Waals surface area (Å²) in [6, 6.07) is 39.2. The minimum Gasteiger partial charge on any atom is -0.512 e. The third-order valence-electron chi connectivity index (χ3n) is 7.89. The Kier molecular flexibility index (Phi) is 10.7. The molecule has 0 saturated heterocycles. The van der Waals surface area contributed by atoms with Gasteiger partial charge >= 0.3 is 0 Å². The normalized spacial score (nSPS) is 11.7. The van der Waals surface area contributed by atoms with Crippen molar-refractivity contribution in [2.75, 3.05) is 0 Å². The molecule has 7 rings (SSSR count). The number of para-hydroxylation sites is 2.